The van der Waals surface area contributed by atoms with Crippen LogP contribution in [0.2, 0.25) is 5.02 Å². The van der Waals surface area contributed by atoms with Gasteiger partial charge in [0.05, 0.1) is 6.54 Å². The fourth-order valence-electron chi connectivity index (χ4n) is 3.50. The highest BCUT2D eigenvalue weighted by atomic mass is 35.5. The van der Waals surface area contributed by atoms with Crippen molar-refractivity contribution in [3.63, 3.8) is 0 Å². The number of hydrogen-bond donors (Lipinski definition) is 0. The molecule has 1 saturated carbocycles. The molecular weight excluding hydrogens is 428 g/mol. The fourth-order valence-corrected chi connectivity index (χ4v) is 4.34. The maximum absolute atomic E-state index is 13.4. The summed E-state index contributed by atoms with van der Waals surface area (Å²) in [5, 5.41) is 2.61. The average molecular weight is 453 g/mol. The molecule has 1 fully saturated rings. The summed E-state index contributed by atoms with van der Waals surface area (Å²) in [7, 11) is 0. The lowest BCUT2D eigenvalue weighted by atomic mass is 10.1. The molecule has 0 saturated heterocycles. The van der Waals surface area contributed by atoms with Crippen molar-refractivity contribution in [3.8, 4) is 0 Å². The minimum absolute atomic E-state index is 0.0415. The molecule has 0 radical (unpaired) electrons. The topological polar surface area (TPSA) is 40.6 Å². The van der Waals surface area contributed by atoms with E-state index in [0.717, 1.165) is 23.3 Å². The molecule has 4 nitrogen and oxygen atoms in total. The summed E-state index contributed by atoms with van der Waals surface area (Å²) >= 11 is 7.61. The van der Waals surface area contributed by atoms with Gasteiger partial charge in [0.2, 0.25) is 5.91 Å². The molecule has 0 spiro atoms. The van der Waals surface area contributed by atoms with Crippen LogP contribution in [0.15, 0.2) is 72.1 Å². The Morgan fingerprint density at radius 1 is 0.903 bits per heavy atom. The molecule has 1 heterocycles. The molecular formula is C25H25ClN2O2S. The van der Waals surface area contributed by atoms with Crippen LogP contribution in [0.4, 0.5) is 0 Å². The van der Waals surface area contributed by atoms with Crippen LogP contribution in [-0.2, 0) is 17.9 Å². The third-order valence-electron chi connectivity index (χ3n) is 5.38. The van der Waals surface area contributed by atoms with Crippen molar-refractivity contribution in [2.75, 3.05) is 13.1 Å². The van der Waals surface area contributed by atoms with Gasteiger partial charge in [0.1, 0.15) is 6.54 Å². The van der Waals surface area contributed by atoms with Crippen LogP contribution >= 0.6 is 22.9 Å². The highest BCUT2D eigenvalue weighted by Gasteiger charge is 2.30. The Hall–Kier alpha value is -2.63. The van der Waals surface area contributed by atoms with Gasteiger partial charge >= 0.3 is 0 Å². The first kappa shape index (κ1) is 21.6. The number of thiophene rings is 1. The van der Waals surface area contributed by atoms with Gasteiger partial charge in [-0.25, -0.2) is 0 Å². The first-order valence-corrected chi connectivity index (χ1v) is 11.7. The molecule has 4 rings (SSSR count). The van der Waals surface area contributed by atoms with Gasteiger partial charge in [-0.2, -0.15) is 0 Å². The van der Waals surface area contributed by atoms with Crippen molar-refractivity contribution in [2.24, 2.45) is 5.92 Å². The molecule has 2 aromatic carbocycles. The van der Waals surface area contributed by atoms with E-state index in [2.05, 4.69) is 0 Å². The molecule has 0 aliphatic heterocycles. The van der Waals surface area contributed by atoms with E-state index in [1.165, 1.54) is 0 Å². The summed E-state index contributed by atoms with van der Waals surface area (Å²) in [5.74, 6) is 0.330. The minimum Gasteiger partial charge on any atom is -0.332 e. The van der Waals surface area contributed by atoms with Gasteiger partial charge in [-0.3, -0.25) is 9.59 Å². The van der Waals surface area contributed by atoms with Crippen molar-refractivity contribution in [3.05, 3.63) is 93.1 Å². The summed E-state index contributed by atoms with van der Waals surface area (Å²) in [5.41, 5.74) is 1.64. The number of rotatable bonds is 9. The molecule has 31 heavy (non-hydrogen) atoms. The zero-order valence-electron chi connectivity index (χ0n) is 17.2. The fraction of sp³-hybridized carbons (Fsp3) is 0.280. The second kappa shape index (κ2) is 10.1. The molecule has 3 aromatic rings. The molecule has 0 N–H and O–H groups in total. The Labute approximate surface area is 192 Å². The van der Waals surface area contributed by atoms with E-state index in [0.29, 0.717) is 36.1 Å². The van der Waals surface area contributed by atoms with Crippen molar-refractivity contribution in [1.29, 1.82) is 0 Å². The zero-order chi connectivity index (χ0) is 21.6. The average Bonchev–Trinajstić information content (AvgIpc) is 3.45. The minimum atomic E-state index is -0.118. The van der Waals surface area contributed by atoms with Crippen molar-refractivity contribution in [2.45, 2.75) is 25.9 Å². The lowest BCUT2D eigenvalue weighted by molar-refractivity contribution is -0.133. The maximum Gasteiger partial charge on any atom is 0.254 e. The van der Waals surface area contributed by atoms with Gasteiger partial charge in [0.25, 0.3) is 5.91 Å². The molecule has 6 heteroatoms. The second-order valence-corrected chi connectivity index (χ2v) is 9.42. The molecule has 1 aromatic heterocycles. The summed E-state index contributed by atoms with van der Waals surface area (Å²) in [4.78, 5) is 31.2. The number of amides is 2. The Morgan fingerprint density at radius 2 is 1.65 bits per heavy atom. The van der Waals surface area contributed by atoms with Crippen LogP contribution in [-0.4, -0.2) is 34.7 Å². The molecule has 0 bridgehead atoms. The quantitative estimate of drug-likeness (QED) is 0.431. The van der Waals surface area contributed by atoms with E-state index >= 15 is 0 Å². The zero-order valence-corrected chi connectivity index (χ0v) is 18.8. The number of nitrogens with zero attached hydrogens (tertiary/aromatic N) is 2. The van der Waals surface area contributed by atoms with E-state index in [-0.39, 0.29) is 18.4 Å². The van der Waals surface area contributed by atoms with Gasteiger partial charge in [0.15, 0.2) is 0 Å². The highest BCUT2D eigenvalue weighted by Crippen LogP contribution is 2.30. The molecule has 2 amide bonds. The lowest BCUT2D eigenvalue weighted by Gasteiger charge is -2.28. The van der Waals surface area contributed by atoms with Crippen LogP contribution in [0.1, 0.15) is 33.6 Å². The summed E-state index contributed by atoms with van der Waals surface area (Å²) in [6.45, 7) is 1.75. The van der Waals surface area contributed by atoms with E-state index in [9.17, 15) is 9.59 Å². The molecule has 0 atom stereocenters. The van der Waals surface area contributed by atoms with Crippen molar-refractivity contribution < 1.29 is 9.59 Å². The summed E-state index contributed by atoms with van der Waals surface area (Å²) in [6, 6.07) is 20.9. The van der Waals surface area contributed by atoms with Gasteiger partial charge in [0, 0.05) is 28.6 Å². The number of halogens is 1. The first-order valence-electron chi connectivity index (χ1n) is 10.5. The lowest BCUT2D eigenvalue weighted by Crippen LogP contribution is -2.43. The maximum atomic E-state index is 13.4. The summed E-state index contributed by atoms with van der Waals surface area (Å²) < 4.78 is 0. The van der Waals surface area contributed by atoms with E-state index in [1.807, 2.05) is 52.7 Å². The van der Waals surface area contributed by atoms with Gasteiger partial charge in [-0.1, -0.05) is 48.0 Å². The van der Waals surface area contributed by atoms with Crippen LogP contribution in [0.5, 0.6) is 0 Å². The SMILES string of the molecule is O=C(CN(CC1CC1)C(=O)c1ccc(Cl)cc1)N(Cc1ccccc1)Cc1cccs1. The molecule has 1 aliphatic rings. The number of carbonyl (C=O) groups excluding carboxylic acids is 2. The number of carbonyl (C=O) groups is 2. The Bertz CT molecular complexity index is 1000. The van der Waals surface area contributed by atoms with Crippen molar-refractivity contribution in [1.82, 2.24) is 9.80 Å². The number of hydrogen-bond acceptors (Lipinski definition) is 3. The number of benzene rings is 2. The summed E-state index contributed by atoms with van der Waals surface area (Å²) in [6.07, 6.45) is 2.23. The Morgan fingerprint density at radius 3 is 2.29 bits per heavy atom. The monoisotopic (exact) mass is 452 g/mol. The predicted octanol–water partition coefficient (Wildman–Crippen LogP) is 5.48. The standard InChI is InChI=1S/C25H25ClN2O2S/c26-22-12-10-21(11-13-22)25(30)28(16-20-8-9-20)18-24(29)27(17-23-7-4-14-31-23)15-19-5-2-1-3-6-19/h1-7,10-14,20H,8-9,15-18H2. The van der Waals surface area contributed by atoms with Crippen LogP contribution in [0, 0.1) is 5.92 Å². The molecule has 1 aliphatic carbocycles. The highest BCUT2D eigenvalue weighted by molar-refractivity contribution is 7.09. The third-order valence-corrected chi connectivity index (χ3v) is 6.49. The Balaban J connectivity index is 1.51. The van der Waals surface area contributed by atoms with E-state index < -0.39 is 0 Å². The molecule has 0 unspecified atom stereocenters. The van der Waals surface area contributed by atoms with Gasteiger partial charge in [-0.05, 0) is 60.0 Å². The normalized spacial score (nSPS) is 13.1. The van der Waals surface area contributed by atoms with Crippen LogP contribution in [0.25, 0.3) is 0 Å². The van der Waals surface area contributed by atoms with Crippen LogP contribution < -0.4 is 0 Å². The smallest absolute Gasteiger partial charge is 0.254 e. The second-order valence-electron chi connectivity index (χ2n) is 7.95. The van der Waals surface area contributed by atoms with Gasteiger partial charge in [-0.15, -0.1) is 11.3 Å². The van der Waals surface area contributed by atoms with E-state index in [4.69, 9.17) is 11.6 Å². The first-order chi connectivity index (χ1) is 15.1. The molecule has 160 valence electrons. The van der Waals surface area contributed by atoms with E-state index in [1.54, 1.807) is 40.5 Å². The van der Waals surface area contributed by atoms with Crippen LogP contribution in [0.3, 0.4) is 0 Å². The third kappa shape index (κ3) is 6.18. The largest absolute Gasteiger partial charge is 0.332 e. The van der Waals surface area contributed by atoms with Gasteiger partial charge < -0.3 is 9.80 Å². The van der Waals surface area contributed by atoms with Crippen molar-refractivity contribution >= 4 is 34.8 Å². The predicted molar refractivity (Wildman–Crippen MR) is 125 cm³/mol. The Kier molecular flexibility index (Phi) is 7.05.